The van der Waals surface area contributed by atoms with Gasteiger partial charge in [-0.25, -0.2) is 0 Å². The van der Waals surface area contributed by atoms with E-state index in [1.54, 1.807) is 12.1 Å². The smallest absolute Gasteiger partial charge is 0.263 e. The standard InChI is InChI=1S/C15H18N2O2/c1-9-11(3)16-12(4)10(2)15(9)13-6-5-7-14(8-13)17(18)19/h5-9,15H,1-4H3. The van der Waals surface area contributed by atoms with Crippen molar-refractivity contribution in [1.82, 2.24) is 0 Å². The minimum atomic E-state index is -0.343. The maximum Gasteiger partial charge on any atom is 0.269 e. The van der Waals surface area contributed by atoms with Crippen LogP contribution in [0.5, 0.6) is 0 Å². The molecular weight excluding hydrogens is 240 g/mol. The summed E-state index contributed by atoms with van der Waals surface area (Å²) in [5.41, 5.74) is 4.44. The molecule has 2 unspecified atom stereocenters. The van der Waals surface area contributed by atoms with Crippen LogP contribution >= 0.6 is 0 Å². The van der Waals surface area contributed by atoms with Crippen molar-refractivity contribution in [1.29, 1.82) is 0 Å². The normalized spacial score (nSPS) is 23.3. The van der Waals surface area contributed by atoms with Gasteiger partial charge in [0.2, 0.25) is 0 Å². The molecule has 0 spiro atoms. The van der Waals surface area contributed by atoms with Crippen LogP contribution in [-0.4, -0.2) is 10.6 Å². The molecule has 1 aromatic carbocycles. The van der Waals surface area contributed by atoms with E-state index in [1.165, 1.54) is 11.6 Å². The molecule has 1 aliphatic heterocycles. The zero-order chi connectivity index (χ0) is 14.2. The van der Waals surface area contributed by atoms with Crippen molar-refractivity contribution in [3.63, 3.8) is 0 Å². The Hall–Kier alpha value is -1.97. The molecular formula is C15H18N2O2. The number of benzene rings is 1. The summed E-state index contributed by atoms with van der Waals surface area (Å²) in [6.07, 6.45) is 0. The largest absolute Gasteiger partial charge is 0.269 e. The quantitative estimate of drug-likeness (QED) is 0.592. The highest BCUT2D eigenvalue weighted by molar-refractivity contribution is 5.87. The maximum atomic E-state index is 10.9. The third-order valence-electron chi connectivity index (χ3n) is 3.98. The second-order valence-corrected chi connectivity index (χ2v) is 5.14. The molecule has 19 heavy (non-hydrogen) atoms. The SMILES string of the molecule is CC1=NC(C)=C(C)C(c2cccc([N+](=O)[O-])c2)C1C. The number of aliphatic imine (C=N–C) groups is 1. The monoisotopic (exact) mass is 258 g/mol. The fourth-order valence-corrected chi connectivity index (χ4v) is 2.67. The first-order chi connectivity index (χ1) is 8.91. The summed E-state index contributed by atoms with van der Waals surface area (Å²) in [5.74, 6) is 0.447. The fourth-order valence-electron chi connectivity index (χ4n) is 2.67. The van der Waals surface area contributed by atoms with Crippen LogP contribution < -0.4 is 0 Å². The van der Waals surface area contributed by atoms with Gasteiger partial charge in [0.15, 0.2) is 0 Å². The van der Waals surface area contributed by atoms with Gasteiger partial charge >= 0.3 is 0 Å². The molecule has 0 fully saturated rings. The molecule has 2 atom stereocenters. The molecule has 0 aliphatic carbocycles. The Bertz CT molecular complexity index is 588. The predicted octanol–water partition coefficient (Wildman–Crippen LogP) is 4.08. The van der Waals surface area contributed by atoms with Gasteiger partial charge in [-0.15, -0.1) is 0 Å². The molecule has 1 aliphatic rings. The lowest BCUT2D eigenvalue weighted by atomic mass is 9.77. The highest BCUT2D eigenvalue weighted by Gasteiger charge is 2.28. The summed E-state index contributed by atoms with van der Waals surface area (Å²) in [6.45, 7) is 8.20. The first kappa shape index (κ1) is 13.5. The second-order valence-electron chi connectivity index (χ2n) is 5.14. The Labute approximate surface area is 113 Å². The van der Waals surface area contributed by atoms with E-state index in [2.05, 4.69) is 18.8 Å². The molecule has 0 saturated heterocycles. The van der Waals surface area contributed by atoms with Crippen LogP contribution in [0.3, 0.4) is 0 Å². The lowest BCUT2D eigenvalue weighted by Crippen LogP contribution is -2.22. The third-order valence-corrected chi connectivity index (χ3v) is 3.98. The van der Waals surface area contributed by atoms with Crippen molar-refractivity contribution in [2.75, 3.05) is 0 Å². The molecule has 100 valence electrons. The summed E-state index contributed by atoms with van der Waals surface area (Å²) in [5, 5.41) is 10.9. The predicted molar refractivity (Wildman–Crippen MR) is 76.5 cm³/mol. The van der Waals surface area contributed by atoms with E-state index in [0.717, 1.165) is 17.0 Å². The molecule has 2 rings (SSSR count). The van der Waals surface area contributed by atoms with E-state index in [4.69, 9.17) is 0 Å². The number of hydrogen-bond acceptors (Lipinski definition) is 3. The third kappa shape index (κ3) is 2.43. The van der Waals surface area contributed by atoms with Crippen molar-refractivity contribution in [3.8, 4) is 0 Å². The van der Waals surface area contributed by atoms with Crippen LogP contribution in [0, 0.1) is 16.0 Å². The van der Waals surface area contributed by atoms with E-state index >= 15 is 0 Å². The summed E-state index contributed by atoms with van der Waals surface area (Å²) < 4.78 is 0. The summed E-state index contributed by atoms with van der Waals surface area (Å²) in [4.78, 5) is 15.1. The van der Waals surface area contributed by atoms with Crippen molar-refractivity contribution >= 4 is 11.4 Å². The van der Waals surface area contributed by atoms with Crippen LogP contribution in [-0.2, 0) is 0 Å². The van der Waals surface area contributed by atoms with Gasteiger partial charge in [-0.2, -0.15) is 0 Å². The number of nitro groups is 1. The topological polar surface area (TPSA) is 55.5 Å². The Balaban J connectivity index is 2.49. The van der Waals surface area contributed by atoms with Crippen LogP contribution in [0.1, 0.15) is 39.2 Å². The zero-order valence-electron chi connectivity index (χ0n) is 11.7. The first-order valence-corrected chi connectivity index (χ1v) is 6.38. The average Bonchev–Trinajstić information content (AvgIpc) is 2.37. The van der Waals surface area contributed by atoms with E-state index < -0.39 is 0 Å². The molecule has 1 aromatic rings. The molecule has 0 saturated carbocycles. The van der Waals surface area contributed by atoms with Gasteiger partial charge in [0, 0.05) is 35.4 Å². The van der Waals surface area contributed by atoms with Gasteiger partial charge in [-0.05, 0) is 31.9 Å². The number of nitrogens with zero attached hydrogens (tertiary/aromatic N) is 2. The molecule has 0 bridgehead atoms. The number of non-ortho nitro benzene ring substituents is 1. The van der Waals surface area contributed by atoms with Gasteiger partial charge in [0.05, 0.1) is 4.92 Å². The van der Waals surface area contributed by atoms with E-state index in [-0.39, 0.29) is 22.4 Å². The van der Waals surface area contributed by atoms with Crippen LogP contribution in [0.25, 0.3) is 0 Å². The molecule has 0 N–H and O–H groups in total. The Kier molecular flexibility index (Phi) is 3.51. The van der Waals surface area contributed by atoms with Crippen LogP contribution in [0.15, 0.2) is 40.5 Å². The number of hydrogen-bond donors (Lipinski definition) is 0. The first-order valence-electron chi connectivity index (χ1n) is 6.38. The number of allylic oxidation sites excluding steroid dienone is 2. The van der Waals surface area contributed by atoms with Crippen molar-refractivity contribution in [2.24, 2.45) is 10.9 Å². The Morgan fingerprint density at radius 3 is 2.58 bits per heavy atom. The Morgan fingerprint density at radius 1 is 1.26 bits per heavy atom. The van der Waals surface area contributed by atoms with E-state index in [1.807, 2.05) is 19.9 Å². The van der Waals surface area contributed by atoms with Crippen LogP contribution in [0.4, 0.5) is 5.69 Å². The second kappa shape index (κ2) is 4.96. The average molecular weight is 258 g/mol. The summed E-state index contributed by atoms with van der Waals surface area (Å²) in [7, 11) is 0. The number of rotatable bonds is 2. The highest BCUT2D eigenvalue weighted by Crippen LogP contribution is 2.38. The molecule has 0 radical (unpaired) electrons. The molecule has 0 amide bonds. The lowest BCUT2D eigenvalue weighted by Gasteiger charge is -2.30. The number of nitro benzene ring substituents is 1. The zero-order valence-corrected chi connectivity index (χ0v) is 11.7. The molecule has 1 heterocycles. The Morgan fingerprint density at radius 2 is 1.95 bits per heavy atom. The molecule has 4 heteroatoms. The molecule has 0 aromatic heterocycles. The summed E-state index contributed by atoms with van der Waals surface area (Å²) in [6, 6.07) is 6.92. The minimum absolute atomic E-state index is 0.148. The minimum Gasteiger partial charge on any atom is -0.263 e. The van der Waals surface area contributed by atoms with Crippen molar-refractivity contribution < 1.29 is 4.92 Å². The van der Waals surface area contributed by atoms with Gasteiger partial charge < -0.3 is 0 Å². The van der Waals surface area contributed by atoms with Crippen molar-refractivity contribution in [2.45, 2.75) is 33.6 Å². The van der Waals surface area contributed by atoms with E-state index in [0.29, 0.717) is 0 Å². The van der Waals surface area contributed by atoms with Gasteiger partial charge in [-0.3, -0.25) is 15.1 Å². The van der Waals surface area contributed by atoms with Crippen LogP contribution in [0.2, 0.25) is 0 Å². The van der Waals surface area contributed by atoms with Gasteiger partial charge in [-0.1, -0.05) is 19.1 Å². The molecule has 4 nitrogen and oxygen atoms in total. The van der Waals surface area contributed by atoms with Crippen molar-refractivity contribution in [3.05, 3.63) is 51.2 Å². The lowest BCUT2D eigenvalue weighted by molar-refractivity contribution is -0.384. The van der Waals surface area contributed by atoms with Gasteiger partial charge in [0.25, 0.3) is 5.69 Å². The summed E-state index contributed by atoms with van der Waals surface area (Å²) >= 11 is 0. The maximum absolute atomic E-state index is 10.9. The highest BCUT2D eigenvalue weighted by atomic mass is 16.6. The fraction of sp³-hybridized carbons (Fsp3) is 0.400. The van der Waals surface area contributed by atoms with E-state index in [9.17, 15) is 10.1 Å². The van der Waals surface area contributed by atoms with Gasteiger partial charge in [0.1, 0.15) is 0 Å².